The lowest BCUT2D eigenvalue weighted by atomic mass is 10.1. The Morgan fingerprint density at radius 1 is 1.26 bits per heavy atom. The Morgan fingerprint density at radius 3 is 2.43 bits per heavy atom. The van der Waals surface area contributed by atoms with Gasteiger partial charge in [-0.15, -0.1) is 0 Å². The molecule has 0 fully saturated rings. The third-order valence-corrected chi connectivity index (χ3v) is 3.01. The van der Waals surface area contributed by atoms with E-state index in [4.69, 9.17) is 17.3 Å². The minimum Gasteiger partial charge on any atom is -0.350 e. The molecule has 3 N–H and O–H groups in total. The highest BCUT2D eigenvalue weighted by atomic mass is 35.5. The molecule has 2 amide bonds. The second kappa shape index (κ2) is 6.66. The van der Waals surface area contributed by atoms with Gasteiger partial charge in [-0.25, -0.2) is 10.2 Å². The Hall–Kier alpha value is -2.61. The van der Waals surface area contributed by atoms with Crippen molar-refractivity contribution in [3.05, 3.63) is 64.4 Å². The average Bonchev–Trinajstić information content (AvgIpc) is 2.48. The molecule has 1 aromatic carbocycles. The van der Waals surface area contributed by atoms with Crippen molar-refractivity contribution in [3.63, 3.8) is 0 Å². The quantitative estimate of drug-likeness (QED) is 0.663. The minimum atomic E-state index is -4.56. The summed E-state index contributed by atoms with van der Waals surface area (Å²) in [5, 5.41) is 3.52. The summed E-state index contributed by atoms with van der Waals surface area (Å²) in [5.41, 5.74) is 6.56. The molecular formula is C14H10ClF3N4O. The van der Waals surface area contributed by atoms with Gasteiger partial charge in [0.1, 0.15) is 11.4 Å². The minimum absolute atomic E-state index is 0.0142. The number of halogens is 4. The normalized spacial score (nSPS) is 12.1. The molecule has 5 nitrogen and oxygen atoms in total. The van der Waals surface area contributed by atoms with E-state index in [2.05, 4.69) is 10.1 Å². The third kappa shape index (κ3) is 4.19. The number of primary amides is 1. The molecule has 0 aliphatic rings. The number of amides is 2. The predicted molar refractivity (Wildman–Crippen MR) is 79.0 cm³/mol. The maximum atomic E-state index is 12.7. The van der Waals surface area contributed by atoms with Gasteiger partial charge in [0, 0.05) is 11.8 Å². The van der Waals surface area contributed by atoms with Gasteiger partial charge in [0.2, 0.25) is 0 Å². The monoisotopic (exact) mass is 342 g/mol. The van der Waals surface area contributed by atoms with Crippen molar-refractivity contribution in [2.75, 3.05) is 0 Å². The molecule has 0 bridgehead atoms. The first-order valence-electron chi connectivity index (χ1n) is 6.20. The van der Waals surface area contributed by atoms with Crippen LogP contribution < -0.4 is 11.2 Å². The molecule has 2 aromatic rings. The fourth-order valence-corrected chi connectivity index (χ4v) is 1.98. The number of carbonyl (C=O) groups excluding carboxylic acids is 1. The van der Waals surface area contributed by atoms with Crippen LogP contribution in [0.3, 0.4) is 0 Å². The van der Waals surface area contributed by atoms with E-state index in [1.807, 2.05) is 5.43 Å². The standard InChI is InChI=1S/C14H10ClF3N4O/c15-10-6-9(14(16,17)18)7-20-12(10)11(21-22-13(19)23)8-4-2-1-3-5-8/h1-7H,(H3,19,22,23)/b21-11-. The van der Waals surface area contributed by atoms with Crippen molar-refractivity contribution in [2.45, 2.75) is 6.18 Å². The SMILES string of the molecule is NC(=O)N/N=C(/c1ccccc1)c1ncc(C(F)(F)F)cc1Cl. The number of alkyl halides is 3. The molecule has 2 rings (SSSR count). The van der Waals surface area contributed by atoms with Crippen LogP contribution in [-0.2, 0) is 6.18 Å². The lowest BCUT2D eigenvalue weighted by molar-refractivity contribution is -0.137. The summed E-state index contributed by atoms with van der Waals surface area (Å²) in [7, 11) is 0. The van der Waals surface area contributed by atoms with E-state index in [9.17, 15) is 18.0 Å². The van der Waals surface area contributed by atoms with Crippen molar-refractivity contribution in [1.29, 1.82) is 0 Å². The van der Waals surface area contributed by atoms with Crippen LogP contribution in [0.2, 0.25) is 5.02 Å². The number of aromatic nitrogens is 1. The molecule has 0 unspecified atom stereocenters. The number of nitrogens with zero attached hydrogens (tertiary/aromatic N) is 2. The number of hydrogen-bond donors (Lipinski definition) is 2. The lowest BCUT2D eigenvalue weighted by Gasteiger charge is -2.11. The topological polar surface area (TPSA) is 80.4 Å². The molecule has 0 saturated carbocycles. The van der Waals surface area contributed by atoms with Crippen LogP contribution in [0.1, 0.15) is 16.8 Å². The van der Waals surface area contributed by atoms with Crippen molar-refractivity contribution in [3.8, 4) is 0 Å². The van der Waals surface area contributed by atoms with Gasteiger partial charge in [-0.3, -0.25) is 4.98 Å². The Kier molecular flexibility index (Phi) is 4.85. The third-order valence-electron chi connectivity index (χ3n) is 2.72. The van der Waals surface area contributed by atoms with Crippen LogP contribution >= 0.6 is 11.6 Å². The van der Waals surface area contributed by atoms with E-state index in [-0.39, 0.29) is 16.4 Å². The average molecular weight is 343 g/mol. The Balaban J connectivity index is 2.52. The van der Waals surface area contributed by atoms with Crippen LogP contribution in [0, 0.1) is 0 Å². The first kappa shape index (κ1) is 16.8. The predicted octanol–water partition coefficient (Wildman–Crippen LogP) is 3.17. The van der Waals surface area contributed by atoms with Gasteiger partial charge < -0.3 is 5.73 Å². The highest BCUT2D eigenvalue weighted by Crippen LogP contribution is 2.31. The maximum absolute atomic E-state index is 12.7. The van der Waals surface area contributed by atoms with Crippen molar-refractivity contribution < 1.29 is 18.0 Å². The van der Waals surface area contributed by atoms with Crippen LogP contribution in [0.15, 0.2) is 47.7 Å². The van der Waals surface area contributed by atoms with Gasteiger partial charge in [0.15, 0.2) is 0 Å². The largest absolute Gasteiger partial charge is 0.417 e. The number of nitrogens with one attached hydrogen (secondary N) is 1. The van der Waals surface area contributed by atoms with E-state index in [0.717, 1.165) is 6.07 Å². The van der Waals surface area contributed by atoms with Gasteiger partial charge in [0.25, 0.3) is 0 Å². The molecule has 1 heterocycles. The van der Waals surface area contributed by atoms with Crippen LogP contribution in [0.5, 0.6) is 0 Å². The second-order valence-electron chi connectivity index (χ2n) is 4.35. The first-order valence-corrected chi connectivity index (χ1v) is 6.58. The van der Waals surface area contributed by atoms with E-state index >= 15 is 0 Å². The van der Waals surface area contributed by atoms with Crippen molar-refractivity contribution in [1.82, 2.24) is 10.4 Å². The number of rotatable bonds is 3. The summed E-state index contributed by atoms with van der Waals surface area (Å²) in [5.74, 6) is 0. The molecular weight excluding hydrogens is 333 g/mol. The number of benzene rings is 1. The summed E-state index contributed by atoms with van der Waals surface area (Å²) in [6, 6.07) is 8.20. The summed E-state index contributed by atoms with van der Waals surface area (Å²) in [6.07, 6.45) is -3.92. The lowest BCUT2D eigenvalue weighted by Crippen LogP contribution is -2.26. The van der Waals surface area contributed by atoms with E-state index < -0.39 is 17.8 Å². The number of urea groups is 1. The summed E-state index contributed by atoms with van der Waals surface area (Å²) in [6.45, 7) is 0. The van der Waals surface area contributed by atoms with Crippen LogP contribution in [0.25, 0.3) is 0 Å². The van der Waals surface area contributed by atoms with Gasteiger partial charge in [-0.05, 0) is 6.07 Å². The molecule has 0 atom stereocenters. The fraction of sp³-hybridized carbons (Fsp3) is 0.0714. The highest BCUT2D eigenvalue weighted by Gasteiger charge is 2.32. The molecule has 0 saturated heterocycles. The van der Waals surface area contributed by atoms with E-state index in [1.165, 1.54) is 0 Å². The summed E-state index contributed by atoms with van der Waals surface area (Å²) < 4.78 is 38.0. The number of hydrazone groups is 1. The number of pyridine rings is 1. The van der Waals surface area contributed by atoms with Gasteiger partial charge in [-0.1, -0.05) is 41.9 Å². The van der Waals surface area contributed by atoms with Gasteiger partial charge in [-0.2, -0.15) is 18.3 Å². The molecule has 0 aliphatic carbocycles. The smallest absolute Gasteiger partial charge is 0.350 e. The van der Waals surface area contributed by atoms with Crippen LogP contribution in [0.4, 0.5) is 18.0 Å². The van der Waals surface area contributed by atoms with Crippen molar-refractivity contribution >= 4 is 23.3 Å². The number of carbonyl (C=O) groups is 1. The van der Waals surface area contributed by atoms with Gasteiger partial charge >= 0.3 is 12.2 Å². The van der Waals surface area contributed by atoms with Crippen LogP contribution in [-0.4, -0.2) is 16.7 Å². The zero-order valence-electron chi connectivity index (χ0n) is 11.4. The number of hydrogen-bond acceptors (Lipinski definition) is 3. The highest BCUT2D eigenvalue weighted by molar-refractivity contribution is 6.35. The fourth-order valence-electron chi connectivity index (χ4n) is 1.73. The molecule has 0 radical (unpaired) electrons. The van der Waals surface area contributed by atoms with Gasteiger partial charge in [0.05, 0.1) is 10.6 Å². The van der Waals surface area contributed by atoms with Crippen molar-refractivity contribution in [2.24, 2.45) is 10.8 Å². The molecule has 0 aliphatic heterocycles. The first-order chi connectivity index (χ1) is 10.8. The Labute approximate surface area is 134 Å². The zero-order valence-corrected chi connectivity index (χ0v) is 12.2. The number of nitrogens with two attached hydrogens (primary N) is 1. The Morgan fingerprint density at radius 2 is 1.91 bits per heavy atom. The van der Waals surface area contributed by atoms with E-state index in [1.54, 1.807) is 30.3 Å². The molecule has 23 heavy (non-hydrogen) atoms. The summed E-state index contributed by atoms with van der Waals surface area (Å²) >= 11 is 5.91. The molecule has 1 aromatic heterocycles. The maximum Gasteiger partial charge on any atom is 0.417 e. The molecule has 0 spiro atoms. The second-order valence-corrected chi connectivity index (χ2v) is 4.76. The zero-order chi connectivity index (χ0) is 17.0. The Bertz CT molecular complexity index is 747. The summed E-state index contributed by atoms with van der Waals surface area (Å²) in [4.78, 5) is 14.6. The molecule has 9 heteroatoms. The van der Waals surface area contributed by atoms with E-state index in [0.29, 0.717) is 11.8 Å². The molecule has 120 valence electrons.